The fraction of sp³-hybridized carbons (Fsp3) is 0.0667. The Balaban J connectivity index is 1.60. The van der Waals surface area contributed by atoms with Crippen molar-refractivity contribution in [3.05, 3.63) is 48.4 Å². The van der Waals surface area contributed by atoms with Crippen LogP contribution in [0.5, 0.6) is 0 Å². The summed E-state index contributed by atoms with van der Waals surface area (Å²) in [4.78, 5) is 4.52. The molecule has 0 unspecified atom stereocenters. The van der Waals surface area contributed by atoms with Gasteiger partial charge in [0.1, 0.15) is 5.76 Å². The van der Waals surface area contributed by atoms with Gasteiger partial charge in [-0.15, -0.1) is 10.2 Å². The highest BCUT2D eigenvalue weighted by atomic mass is 32.2. The van der Waals surface area contributed by atoms with Crippen LogP contribution in [0.1, 0.15) is 5.76 Å². The molecule has 1 aromatic carbocycles. The van der Waals surface area contributed by atoms with E-state index >= 15 is 0 Å². The molecule has 0 aliphatic heterocycles. The molecule has 9 heteroatoms. The first-order valence-electron chi connectivity index (χ1n) is 7.04. The van der Waals surface area contributed by atoms with Gasteiger partial charge in [-0.2, -0.15) is 4.37 Å². The number of benzene rings is 1. The van der Waals surface area contributed by atoms with Gasteiger partial charge in [0.25, 0.3) is 0 Å². The van der Waals surface area contributed by atoms with Gasteiger partial charge in [-0.25, -0.2) is 9.66 Å². The van der Waals surface area contributed by atoms with E-state index < -0.39 is 0 Å². The molecule has 0 fully saturated rings. The Morgan fingerprint density at radius 2 is 2.00 bits per heavy atom. The van der Waals surface area contributed by atoms with E-state index in [-0.39, 0.29) is 0 Å². The molecule has 0 spiro atoms. The van der Waals surface area contributed by atoms with E-state index in [2.05, 4.69) is 19.6 Å². The standard InChI is InChI=1S/C15H12N6OS2/c1-9-11(7-8-22-9)13-18-19-14(21(13)16)23-15-17-12(20-24-15)10-5-3-2-4-6-10/h2-8H,16H2,1H3. The second-order valence-corrected chi connectivity index (χ2v) is 6.88. The third kappa shape index (κ3) is 2.68. The zero-order valence-electron chi connectivity index (χ0n) is 12.6. The van der Waals surface area contributed by atoms with Crippen LogP contribution < -0.4 is 5.84 Å². The third-order valence-electron chi connectivity index (χ3n) is 3.38. The summed E-state index contributed by atoms with van der Waals surface area (Å²) in [7, 11) is 0. The van der Waals surface area contributed by atoms with Gasteiger partial charge in [0.2, 0.25) is 5.16 Å². The molecule has 7 nitrogen and oxygen atoms in total. The Morgan fingerprint density at radius 3 is 2.75 bits per heavy atom. The van der Waals surface area contributed by atoms with Crippen molar-refractivity contribution >= 4 is 23.3 Å². The molecule has 24 heavy (non-hydrogen) atoms. The molecule has 2 N–H and O–H groups in total. The van der Waals surface area contributed by atoms with Crippen molar-refractivity contribution in [3.63, 3.8) is 0 Å². The van der Waals surface area contributed by atoms with Gasteiger partial charge >= 0.3 is 0 Å². The van der Waals surface area contributed by atoms with Gasteiger partial charge in [-0.05, 0) is 36.3 Å². The number of nitrogens with zero attached hydrogens (tertiary/aromatic N) is 5. The molecule has 0 saturated carbocycles. The zero-order chi connectivity index (χ0) is 16.5. The lowest BCUT2D eigenvalue weighted by atomic mass is 10.2. The smallest absolute Gasteiger partial charge is 0.217 e. The van der Waals surface area contributed by atoms with Crippen molar-refractivity contribution in [2.24, 2.45) is 0 Å². The molecular formula is C15H12N6OS2. The van der Waals surface area contributed by atoms with E-state index in [0.717, 1.165) is 21.2 Å². The number of nitrogens with two attached hydrogens (primary N) is 1. The summed E-state index contributed by atoms with van der Waals surface area (Å²) in [5, 5.41) is 8.82. The van der Waals surface area contributed by atoms with Crippen LogP contribution in [0.4, 0.5) is 0 Å². The molecular weight excluding hydrogens is 344 g/mol. The number of hydrogen-bond donors (Lipinski definition) is 1. The van der Waals surface area contributed by atoms with E-state index in [9.17, 15) is 0 Å². The minimum absolute atomic E-state index is 0.543. The Morgan fingerprint density at radius 1 is 1.17 bits per heavy atom. The van der Waals surface area contributed by atoms with Crippen LogP contribution in [0, 0.1) is 6.92 Å². The largest absolute Gasteiger partial charge is 0.469 e. The fourth-order valence-electron chi connectivity index (χ4n) is 2.18. The van der Waals surface area contributed by atoms with Gasteiger partial charge < -0.3 is 10.3 Å². The van der Waals surface area contributed by atoms with Crippen molar-refractivity contribution in [3.8, 4) is 22.8 Å². The summed E-state index contributed by atoms with van der Waals surface area (Å²) >= 11 is 2.64. The zero-order valence-corrected chi connectivity index (χ0v) is 14.2. The third-order valence-corrected chi connectivity index (χ3v) is 5.09. The second kappa shape index (κ2) is 6.10. The Labute approximate surface area is 145 Å². The average molecular weight is 356 g/mol. The highest BCUT2D eigenvalue weighted by Gasteiger charge is 2.18. The summed E-state index contributed by atoms with van der Waals surface area (Å²) in [5.74, 6) is 8.10. The number of aromatic nitrogens is 5. The number of hydrogen-bond acceptors (Lipinski definition) is 8. The van der Waals surface area contributed by atoms with Crippen molar-refractivity contribution in [1.29, 1.82) is 0 Å². The highest BCUT2D eigenvalue weighted by molar-refractivity contribution is 8.00. The lowest BCUT2D eigenvalue weighted by molar-refractivity contribution is 0.535. The van der Waals surface area contributed by atoms with Gasteiger partial charge in [0, 0.05) is 5.56 Å². The van der Waals surface area contributed by atoms with Gasteiger partial charge in [0.15, 0.2) is 16.0 Å². The van der Waals surface area contributed by atoms with Gasteiger partial charge in [-0.3, -0.25) is 0 Å². The lowest BCUT2D eigenvalue weighted by Gasteiger charge is -2.00. The first-order valence-corrected chi connectivity index (χ1v) is 8.63. The van der Waals surface area contributed by atoms with E-state index in [1.807, 2.05) is 43.3 Å². The van der Waals surface area contributed by atoms with Crippen LogP contribution in [-0.4, -0.2) is 24.2 Å². The van der Waals surface area contributed by atoms with Crippen LogP contribution in [-0.2, 0) is 0 Å². The SMILES string of the molecule is Cc1occc1-c1nnc(Sc2nc(-c3ccccc3)ns2)n1N. The summed E-state index contributed by atoms with van der Waals surface area (Å²) in [6, 6.07) is 11.6. The van der Waals surface area contributed by atoms with Crippen molar-refractivity contribution in [2.75, 3.05) is 5.84 Å². The van der Waals surface area contributed by atoms with Crippen LogP contribution >= 0.6 is 23.3 Å². The van der Waals surface area contributed by atoms with Crippen molar-refractivity contribution in [1.82, 2.24) is 24.2 Å². The fourth-order valence-corrected chi connectivity index (χ4v) is 3.66. The molecule has 0 aliphatic rings. The second-order valence-electron chi connectivity index (χ2n) is 4.92. The summed E-state index contributed by atoms with van der Waals surface area (Å²) in [6.07, 6.45) is 1.60. The molecule has 4 aromatic rings. The quantitative estimate of drug-likeness (QED) is 0.561. The molecule has 4 rings (SSSR count). The Bertz CT molecular complexity index is 975. The molecule has 120 valence electrons. The minimum Gasteiger partial charge on any atom is -0.469 e. The molecule has 0 amide bonds. The maximum atomic E-state index is 6.11. The summed E-state index contributed by atoms with van der Waals surface area (Å²) in [5.41, 5.74) is 1.80. The van der Waals surface area contributed by atoms with Crippen molar-refractivity contribution < 1.29 is 4.42 Å². The molecule has 0 bridgehead atoms. The molecule has 0 radical (unpaired) electrons. The predicted octanol–water partition coefficient (Wildman–Crippen LogP) is 3.23. The van der Waals surface area contributed by atoms with E-state index in [0.29, 0.717) is 16.8 Å². The molecule has 0 atom stereocenters. The number of nitrogen functional groups attached to an aromatic ring is 1. The number of furan rings is 1. The monoisotopic (exact) mass is 356 g/mol. The van der Waals surface area contributed by atoms with Gasteiger partial charge in [-0.1, -0.05) is 30.3 Å². The first kappa shape index (κ1) is 14.9. The van der Waals surface area contributed by atoms with Crippen LogP contribution in [0.3, 0.4) is 0 Å². The van der Waals surface area contributed by atoms with E-state index in [4.69, 9.17) is 10.3 Å². The van der Waals surface area contributed by atoms with E-state index in [1.54, 1.807) is 6.26 Å². The summed E-state index contributed by atoms with van der Waals surface area (Å²) in [6.45, 7) is 1.85. The number of aryl methyl sites for hydroxylation is 1. The first-order chi connectivity index (χ1) is 11.7. The normalized spacial score (nSPS) is 11.0. The highest BCUT2D eigenvalue weighted by Crippen LogP contribution is 2.31. The van der Waals surface area contributed by atoms with Crippen LogP contribution in [0.25, 0.3) is 22.8 Å². The maximum Gasteiger partial charge on any atom is 0.217 e. The molecule has 0 aliphatic carbocycles. The average Bonchev–Trinajstić information content (AvgIpc) is 3.31. The number of rotatable bonds is 4. The van der Waals surface area contributed by atoms with Gasteiger partial charge in [0.05, 0.1) is 11.8 Å². The molecule has 3 aromatic heterocycles. The Hall–Kier alpha value is -2.65. The molecule has 3 heterocycles. The molecule has 0 saturated heterocycles. The summed E-state index contributed by atoms with van der Waals surface area (Å²) < 4.78 is 11.9. The van der Waals surface area contributed by atoms with Crippen LogP contribution in [0.15, 0.2) is 56.6 Å². The topological polar surface area (TPSA) is 95.6 Å². The maximum absolute atomic E-state index is 6.11. The van der Waals surface area contributed by atoms with Crippen LogP contribution in [0.2, 0.25) is 0 Å². The lowest BCUT2D eigenvalue weighted by Crippen LogP contribution is -2.11. The minimum atomic E-state index is 0.543. The van der Waals surface area contributed by atoms with E-state index in [1.165, 1.54) is 28.0 Å². The Kier molecular flexibility index (Phi) is 3.79. The van der Waals surface area contributed by atoms with Crippen molar-refractivity contribution in [2.45, 2.75) is 16.4 Å². The predicted molar refractivity (Wildman–Crippen MR) is 92.1 cm³/mol.